The highest BCUT2D eigenvalue weighted by molar-refractivity contribution is 7.91. The van der Waals surface area contributed by atoms with E-state index in [2.05, 4.69) is 5.32 Å². The van der Waals surface area contributed by atoms with Gasteiger partial charge in [0.15, 0.2) is 0 Å². The summed E-state index contributed by atoms with van der Waals surface area (Å²) in [6.07, 6.45) is 2.85. The van der Waals surface area contributed by atoms with Gasteiger partial charge in [0.1, 0.15) is 9.96 Å². The fourth-order valence-corrected chi connectivity index (χ4v) is 5.99. The van der Waals surface area contributed by atoms with E-state index >= 15 is 0 Å². The van der Waals surface area contributed by atoms with Crippen molar-refractivity contribution >= 4 is 27.3 Å². The third-order valence-electron chi connectivity index (χ3n) is 4.99. The highest BCUT2D eigenvalue weighted by Crippen LogP contribution is 2.26. The van der Waals surface area contributed by atoms with Crippen LogP contribution in [0.4, 0.5) is 0 Å². The number of thiophene rings is 1. The zero-order valence-electron chi connectivity index (χ0n) is 16.0. The molecule has 8 heteroatoms. The molecule has 6 nitrogen and oxygen atoms in total. The van der Waals surface area contributed by atoms with E-state index < -0.39 is 10.0 Å². The van der Waals surface area contributed by atoms with Crippen molar-refractivity contribution in [3.8, 4) is 5.75 Å². The number of amides is 1. The van der Waals surface area contributed by atoms with Gasteiger partial charge in [-0.2, -0.15) is 4.31 Å². The van der Waals surface area contributed by atoms with Crippen molar-refractivity contribution in [2.45, 2.75) is 29.9 Å². The fourth-order valence-electron chi connectivity index (χ4n) is 3.37. The maximum absolute atomic E-state index is 12.5. The highest BCUT2D eigenvalue weighted by Gasteiger charge is 2.32. The molecular formula is C20H26N2O4S2. The van der Waals surface area contributed by atoms with Crippen LogP contribution in [0.15, 0.2) is 46.0 Å². The van der Waals surface area contributed by atoms with Crippen molar-refractivity contribution < 1.29 is 17.9 Å². The van der Waals surface area contributed by atoms with Gasteiger partial charge in [-0.05, 0) is 54.8 Å². The van der Waals surface area contributed by atoms with E-state index in [9.17, 15) is 13.2 Å². The Labute approximate surface area is 170 Å². The molecule has 0 bridgehead atoms. The van der Waals surface area contributed by atoms with Crippen LogP contribution in [0.2, 0.25) is 0 Å². The summed E-state index contributed by atoms with van der Waals surface area (Å²) in [6.45, 7) is 1.40. The number of nitrogens with one attached hydrogen (secondary N) is 1. The standard InChI is InChI=1S/C20H26N2O4S2/c1-26-18-7-2-5-16(15-18)6-3-11-21-20(23)17-9-12-22(13-10-17)28(24,25)19-8-4-14-27-19/h2,4-5,7-8,14-15,17H,3,6,9-13H2,1H3,(H,21,23). The average molecular weight is 423 g/mol. The molecule has 1 N–H and O–H groups in total. The molecule has 0 spiro atoms. The lowest BCUT2D eigenvalue weighted by Gasteiger charge is -2.30. The quantitative estimate of drug-likeness (QED) is 0.664. The molecule has 1 fully saturated rings. The molecule has 0 atom stereocenters. The van der Waals surface area contributed by atoms with Crippen LogP contribution >= 0.6 is 11.3 Å². The minimum atomic E-state index is -3.42. The molecule has 2 heterocycles. The van der Waals surface area contributed by atoms with Crippen LogP contribution in [-0.4, -0.2) is 45.4 Å². The first-order chi connectivity index (χ1) is 13.5. The number of carbonyl (C=O) groups excluding carboxylic acids is 1. The van der Waals surface area contributed by atoms with Crippen molar-refractivity contribution in [2.24, 2.45) is 5.92 Å². The maximum atomic E-state index is 12.5. The fraction of sp³-hybridized carbons (Fsp3) is 0.450. The monoisotopic (exact) mass is 422 g/mol. The number of hydrogen-bond acceptors (Lipinski definition) is 5. The van der Waals surface area contributed by atoms with Gasteiger partial charge < -0.3 is 10.1 Å². The highest BCUT2D eigenvalue weighted by atomic mass is 32.2. The van der Waals surface area contributed by atoms with Crippen molar-refractivity contribution in [1.82, 2.24) is 9.62 Å². The summed E-state index contributed by atoms with van der Waals surface area (Å²) in [5, 5.41) is 4.76. The minimum absolute atomic E-state index is 0.0267. The maximum Gasteiger partial charge on any atom is 0.252 e. The number of nitrogens with zero attached hydrogens (tertiary/aromatic N) is 1. The molecule has 1 amide bonds. The first-order valence-corrected chi connectivity index (χ1v) is 11.8. The van der Waals surface area contributed by atoms with Crippen LogP contribution in [0.1, 0.15) is 24.8 Å². The number of carbonyl (C=O) groups is 1. The molecule has 152 valence electrons. The predicted octanol–water partition coefficient (Wildman–Crippen LogP) is 2.91. The third kappa shape index (κ3) is 5.12. The number of rotatable bonds is 8. The van der Waals surface area contributed by atoms with E-state index in [0.29, 0.717) is 36.7 Å². The number of hydrogen-bond donors (Lipinski definition) is 1. The third-order valence-corrected chi connectivity index (χ3v) is 8.26. The molecule has 3 rings (SSSR count). The Kier molecular flexibility index (Phi) is 7.09. The Morgan fingerprint density at radius 1 is 1.25 bits per heavy atom. The molecule has 0 unspecified atom stereocenters. The van der Waals surface area contributed by atoms with Crippen LogP contribution < -0.4 is 10.1 Å². The number of benzene rings is 1. The molecular weight excluding hydrogens is 396 g/mol. The first-order valence-electron chi connectivity index (χ1n) is 9.45. The zero-order chi connectivity index (χ0) is 20.0. The second kappa shape index (κ2) is 9.54. The van der Waals surface area contributed by atoms with E-state index in [-0.39, 0.29) is 11.8 Å². The van der Waals surface area contributed by atoms with Crippen molar-refractivity contribution in [2.75, 3.05) is 26.7 Å². The molecule has 0 aliphatic carbocycles. The van der Waals surface area contributed by atoms with Gasteiger partial charge in [0.25, 0.3) is 10.0 Å². The van der Waals surface area contributed by atoms with Gasteiger partial charge in [-0.1, -0.05) is 18.2 Å². The molecule has 1 saturated heterocycles. The number of methoxy groups -OCH3 is 1. The Hall–Kier alpha value is -1.90. The van der Waals surface area contributed by atoms with Gasteiger partial charge >= 0.3 is 0 Å². The zero-order valence-corrected chi connectivity index (χ0v) is 17.6. The van der Waals surface area contributed by atoms with E-state index in [1.807, 2.05) is 24.3 Å². The van der Waals surface area contributed by atoms with Gasteiger partial charge in [0.2, 0.25) is 5.91 Å². The van der Waals surface area contributed by atoms with Gasteiger partial charge in [0, 0.05) is 25.6 Å². The summed E-state index contributed by atoms with van der Waals surface area (Å²) in [4.78, 5) is 12.4. The van der Waals surface area contributed by atoms with Gasteiger partial charge in [-0.3, -0.25) is 4.79 Å². The van der Waals surface area contributed by atoms with E-state index in [1.165, 1.54) is 21.2 Å². The van der Waals surface area contributed by atoms with Crippen molar-refractivity contribution in [1.29, 1.82) is 0 Å². The molecule has 1 aromatic heterocycles. The van der Waals surface area contributed by atoms with Crippen molar-refractivity contribution in [3.05, 3.63) is 47.3 Å². The van der Waals surface area contributed by atoms with Crippen LogP contribution in [0.5, 0.6) is 5.75 Å². The molecule has 28 heavy (non-hydrogen) atoms. The summed E-state index contributed by atoms with van der Waals surface area (Å²) in [5.74, 6) is 0.746. The van der Waals surface area contributed by atoms with Crippen LogP contribution in [0, 0.1) is 5.92 Å². The van der Waals surface area contributed by atoms with E-state index in [1.54, 1.807) is 24.6 Å². The Morgan fingerprint density at radius 2 is 2.04 bits per heavy atom. The van der Waals surface area contributed by atoms with Crippen LogP contribution in [0.3, 0.4) is 0 Å². The smallest absolute Gasteiger partial charge is 0.252 e. The summed E-state index contributed by atoms with van der Waals surface area (Å²) in [5.41, 5.74) is 1.18. The summed E-state index contributed by atoms with van der Waals surface area (Å²) in [6, 6.07) is 11.3. The predicted molar refractivity (Wildman–Crippen MR) is 110 cm³/mol. The normalized spacial score (nSPS) is 16.0. The lowest BCUT2D eigenvalue weighted by molar-refractivity contribution is -0.126. The lowest BCUT2D eigenvalue weighted by atomic mass is 9.97. The van der Waals surface area contributed by atoms with Crippen LogP contribution in [0.25, 0.3) is 0 Å². The molecule has 1 aliphatic heterocycles. The van der Waals surface area contributed by atoms with Crippen LogP contribution in [-0.2, 0) is 21.2 Å². The topological polar surface area (TPSA) is 75.7 Å². The first kappa shape index (κ1) is 20.8. The number of piperidine rings is 1. The number of ether oxygens (including phenoxy) is 1. The SMILES string of the molecule is COc1cccc(CCCNC(=O)C2CCN(S(=O)(=O)c3cccs3)CC2)c1. The molecule has 0 radical (unpaired) electrons. The summed E-state index contributed by atoms with van der Waals surface area (Å²) >= 11 is 1.23. The molecule has 1 aromatic carbocycles. The summed E-state index contributed by atoms with van der Waals surface area (Å²) in [7, 11) is -1.77. The summed E-state index contributed by atoms with van der Waals surface area (Å²) < 4.78 is 32.2. The minimum Gasteiger partial charge on any atom is -0.497 e. The van der Waals surface area contributed by atoms with E-state index in [0.717, 1.165) is 18.6 Å². The number of sulfonamides is 1. The molecule has 1 aliphatic rings. The van der Waals surface area contributed by atoms with Gasteiger partial charge in [-0.25, -0.2) is 8.42 Å². The Morgan fingerprint density at radius 3 is 2.71 bits per heavy atom. The number of aryl methyl sites for hydroxylation is 1. The van der Waals surface area contributed by atoms with Crippen molar-refractivity contribution in [3.63, 3.8) is 0 Å². The Balaban J connectivity index is 1.40. The lowest BCUT2D eigenvalue weighted by Crippen LogP contribution is -2.43. The molecule has 2 aromatic rings. The van der Waals surface area contributed by atoms with Gasteiger partial charge in [0.05, 0.1) is 7.11 Å². The van der Waals surface area contributed by atoms with Gasteiger partial charge in [-0.15, -0.1) is 11.3 Å². The average Bonchev–Trinajstić information content (AvgIpc) is 3.27. The Bertz CT molecular complexity index is 873. The molecule has 0 saturated carbocycles. The van der Waals surface area contributed by atoms with E-state index in [4.69, 9.17) is 4.74 Å². The second-order valence-electron chi connectivity index (χ2n) is 6.86. The second-order valence-corrected chi connectivity index (χ2v) is 9.97. The largest absolute Gasteiger partial charge is 0.497 e.